The smallest absolute Gasteiger partial charge is 0.178 e. The highest BCUT2D eigenvalue weighted by Gasteiger charge is 2.26. The van der Waals surface area contributed by atoms with Crippen molar-refractivity contribution in [2.75, 3.05) is 18.1 Å². The van der Waals surface area contributed by atoms with Crippen LogP contribution in [0.15, 0.2) is 30.6 Å². The summed E-state index contributed by atoms with van der Waals surface area (Å²) in [5.74, 6) is -0.536. The molecule has 2 aromatic heterocycles. The third-order valence-electron chi connectivity index (χ3n) is 6.65. The van der Waals surface area contributed by atoms with Gasteiger partial charge in [0.05, 0.1) is 42.7 Å². The van der Waals surface area contributed by atoms with Crippen molar-refractivity contribution in [2.24, 2.45) is 0 Å². The Morgan fingerprint density at radius 3 is 2.71 bits per heavy atom. The van der Waals surface area contributed by atoms with E-state index in [0.29, 0.717) is 36.6 Å². The van der Waals surface area contributed by atoms with Crippen molar-refractivity contribution in [3.63, 3.8) is 0 Å². The van der Waals surface area contributed by atoms with Crippen LogP contribution in [0.5, 0.6) is 5.75 Å². The number of anilines is 1. The molecule has 7 nitrogen and oxygen atoms in total. The summed E-state index contributed by atoms with van der Waals surface area (Å²) in [6, 6.07) is 5.33. The molecule has 180 valence electrons. The van der Waals surface area contributed by atoms with E-state index < -0.39 is 11.6 Å². The van der Waals surface area contributed by atoms with E-state index in [1.54, 1.807) is 6.07 Å². The first-order valence-corrected chi connectivity index (χ1v) is 11.9. The zero-order valence-corrected chi connectivity index (χ0v) is 19.4. The number of hydrogen-bond acceptors (Lipinski definition) is 6. The van der Waals surface area contributed by atoms with Crippen LogP contribution in [0.25, 0.3) is 11.3 Å². The molecule has 3 aromatic rings. The van der Waals surface area contributed by atoms with E-state index >= 15 is 0 Å². The summed E-state index contributed by atoms with van der Waals surface area (Å²) in [6.45, 7) is 5.09. The third-order valence-corrected chi connectivity index (χ3v) is 6.65. The molecule has 34 heavy (non-hydrogen) atoms. The Hall–Kier alpha value is -3.07. The molecule has 1 saturated carbocycles. The number of aliphatic hydroxyl groups is 1. The monoisotopic (exact) mass is 469 g/mol. The molecule has 2 aliphatic rings. The number of ether oxygens (including phenoxy) is 1. The Labute approximate surface area is 197 Å². The van der Waals surface area contributed by atoms with Crippen LogP contribution in [0.4, 0.5) is 14.5 Å². The number of fused-ring (bicyclic) bond motifs is 1. The Morgan fingerprint density at radius 1 is 1.15 bits per heavy atom. The van der Waals surface area contributed by atoms with E-state index in [1.165, 1.54) is 6.07 Å². The fourth-order valence-electron chi connectivity index (χ4n) is 4.83. The van der Waals surface area contributed by atoms with Crippen LogP contribution >= 0.6 is 0 Å². The summed E-state index contributed by atoms with van der Waals surface area (Å²) in [5.41, 5.74) is 1.79. The summed E-state index contributed by atoms with van der Waals surface area (Å²) in [5, 5.41) is 14.4. The molecule has 0 unspecified atom stereocenters. The summed E-state index contributed by atoms with van der Waals surface area (Å²) in [4.78, 5) is 10.6. The van der Waals surface area contributed by atoms with Crippen LogP contribution in [-0.4, -0.2) is 50.2 Å². The van der Waals surface area contributed by atoms with Crippen molar-refractivity contribution >= 4 is 5.69 Å². The van der Waals surface area contributed by atoms with Crippen molar-refractivity contribution in [3.05, 3.63) is 53.7 Å². The zero-order valence-electron chi connectivity index (χ0n) is 19.4. The summed E-state index contributed by atoms with van der Waals surface area (Å²) in [7, 11) is 0. The third kappa shape index (κ3) is 4.49. The Balaban J connectivity index is 1.41. The van der Waals surface area contributed by atoms with E-state index in [4.69, 9.17) is 4.74 Å². The molecule has 1 aliphatic carbocycles. The number of halogens is 2. The standard InChI is InChI=1S/C25H29F2N5O2/c1-15(2)31-9-10-34-25-20(26)11-16(12-22(25)31)24-21(27)14-28-23(29-24)13-17-7-8-32(30-17)18-3-5-19(33)6-4-18/h7-8,11-12,14-15,18-19,33H,3-6,9-10,13H2,1-2H3. The molecule has 5 rings (SSSR count). The lowest BCUT2D eigenvalue weighted by Crippen LogP contribution is -2.38. The maximum atomic E-state index is 14.9. The summed E-state index contributed by atoms with van der Waals surface area (Å²) < 4.78 is 37.1. The maximum Gasteiger partial charge on any atom is 0.178 e. The fraction of sp³-hybridized carbons (Fsp3) is 0.480. The number of benzene rings is 1. The van der Waals surface area contributed by atoms with E-state index in [-0.39, 0.29) is 29.6 Å². The van der Waals surface area contributed by atoms with Gasteiger partial charge >= 0.3 is 0 Å². The van der Waals surface area contributed by atoms with Crippen molar-refractivity contribution in [1.82, 2.24) is 19.7 Å². The first-order chi connectivity index (χ1) is 16.4. The van der Waals surface area contributed by atoms with Crippen molar-refractivity contribution < 1.29 is 18.6 Å². The quantitative estimate of drug-likeness (QED) is 0.601. The lowest BCUT2D eigenvalue weighted by Gasteiger charge is -2.34. The van der Waals surface area contributed by atoms with Gasteiger partial charge in [0.25, 0.3) is 0 Å². The van der Waals surface area contributed by atoms with Gasteiger partial charge in [-0.2, -0.15) is 5.10 Å². The largest absolute Gasteiger partial charge is 0.486 e. The molecule has 1 fully saturated rings. The molecule has 1 aliphatic heterocycles. The molecule has 0 saturated heterocycles. The number of aliphatic hydroxyl groups excluding tert-OH is 1. The average molecular weight is 470 g/mol. The topological polar surface area (TPSA) is 76.3 Å². The molecule has 1 aromatic carbocycles. The molecular weight excluding hydrogens is 440 g/mol. The van der Waals surface area contributed by atoms with Gasteiger partial charge in [-0.1, -0.05) is 0 Å². The van der Waals surface area contributed by atoms with E-state index in [2.05, 4.69) is 15.1 Å². The van der Waals surface area contributed by atoms with Crippen LogP contribution in [0.3, 0.4) is 0 Å². The number of aromatic nitrogens is 4. The Kier molecular flexibility index (Phi) is 6.20. The SMILES string of the molecule is CC(C)N1CCOc2c(F)cc(-c3nc(Cc4ccn(C5CCC(O)CC5)n4)ncc3F)cc21. The van der Waals surface area contributed by atoms with E-state index in [9.17, 15) is 13.9 Å². The highest BCUT2D eigenvalue weighted by Crippen LogP contribution is 2.39. The van der Waals surface area contributed by atoms with E-state index in [0.717, 1.165) is 37.6 Å². The van der Waals surface area contributed by atoms with Gasteiger partial charge in [0.2, 0.25) is 0 Å². The number of hydrogen-bond donors (Lipinski definition) is 1. The highest BCUT2D eigenvalue weighted by molar-refractivity contribution is 5.72. The molecule has 0 spiro atoms. The van der Waals surface area contributed by atoms with Gasteiger partial charge in [0.15, 0.2) is 17.4 Å². The molecule has 0 atom stereocenters. The first kappa shape index (κ1) is 22.7. The minimum Gasteiger partial charge on any atom is -0.486 e. The predicted molar refractivity (Wildman–Crippen MR) is 124 cm³/mol. The second kappa shape index (κ2) is 9.29. The van der Waals surface area contributed by atoms with Gasteiger partial charge in [-0.25, -0.2) is 18.7 Å². The van der Waals surface area contributed by atoms with Gasteiger partial charge in [-0.15, -0.1) is 0 Å². The first-order valence-electron chi connectivity index (χ1n) is 11.9. The molecule has 3 heterocycles. The van der Waals surface area contributed by atoms with Crippen LogP contribution < -0.4 is 9.64 Å². The molecule has 0 radical (unpaired) electrons. The van der Waals surface area contributed by atoms with Crippen LogP contribution in [0.1, 0.15) is 57.1 Å². The molecule has 0 amide bonds. The molecule has 1 N–H and O–H groups in total. The molecule has 9 heteroatoms. The van der Waals surface area contributed by atoms with Crippen LogP contribution in [-0.2, 0) is 6.42 Å². The zero-order chi connectivity index (χ0) is 23.8. The highest BCUT2D eigenvalue weighted by atomic mass is 19.1. The van der Waals surface area contributed by atoms with Crippen LogP contribution in [0, 0.1) is 11.6 Å². The summed E-state index contributed by atoms with van der Waals surface area (Å²) in [6.07, 6.45) is 6.52. The molecular formula is C25H29F2N5O2. The average Bonchev–Trinajstić information content (AvgIpc) is 3.28. The van der Waals surface area contributed by atoms with Crippen molar-refractivity contribution in [3.8, 4) is 17.0 Å². The van der Waals surface area contributed by atoms with Crippen molar-refractivity contribution in [1.29, 1.82) is 0 Å². The second-order valence-corrected chi connectivity index (χ2v) is 9.35. The molecule has 0 bridgehead atoms. The minimum atomic E-state index is -0.609. The minimum absolute atomic E-state index is 0.0571. The second-order valence-electron chi connectivity index (χ2n) is 9.35. The lowest BCUT2D eigenvalue weighted by atomic mass is 9.93. The van der Waals surface area contributed by atoms with Gasteiger partial charge in [0, 0.05) is 17.8 Å². The fourth-order valence-corrected chi connectivity index (χ4v) is 4.83. The lowest BCUT2D eigenvalue weighted by molar-refractivity contribution is 0.108. The van der Waals surface area contributed by atoms with Gasteiger partial charge in [-0.05, 0) is 57.7 Å². The van der Waals surface area contributed by atoms with E-state index in [1.807, 2.05) is 35.7 Å². The van der Waals surface area contributed by atoms with Gasteiger partial charge < -0.3 is 14.7 Å². The van der Waals surface area contributed by atoms with Gasteiger partial charge in [0.1, 0.15) is 18.1 Å². The van der Waals surface area contributed by atoms with Crippen LogP contribution in [0.2, 0.25) is 0 Å². The Morgan fingerprint density at radius 2 is 1.94 bits per heavy atom. The summed E-state index contributed by atoms with van der Waals surface area (Å²) >= 11 is 0. The van der Waals surface area contributed by atoms with Crippen molar-refractivity contribution in [2.45, 2.75) is 64.1 Å². The predicted octanol–water partition coefficient (Wildman–Crippen LogP) is 4.29. The number of rotatable bonds is 5. The van der Waals surface area contributed by atoms with Gasteiger partial charge in [-0.3, -0.25) is 4.68 Å². The number of nitrogens with zero attached hydrogens (tertiary/aromatic N) is 5. The normalized spacial score (nSPS) is 20.4. The Bertz CT molecular complexity index is 1170. The maximum absolute atomic E-state index is 14.9.